The molecule has 0 aromatic heterocycles. The highest BCUT2D eigenvalue weighted by molar-refractivity contribution is 6.34. The van der Waals surface area contributed by atoms with Gasteiger partial charge in [0.25, 0.3) is 5.91 Å². The number of hydrogen-bond acceptors (Lipinski definition) is 3. The van der Waals surface area contributed by atoms with Crippen LogP contribution in [-0.2, 0) is 13.0 Å². The molecule has 1 aliphatic rings. The molecule has 0 atom stereocenters. The predicted octanol–water partition coefficient (Wildman–Crippen LogP) is 5.75. The minimum atomic E-state index is -0.125. The lowest BCUT2D eigenvalue weighted by atomic mass is 10.1. The third-order valence-corrected chi connectivity index (χ3v) is 5.50. The van der Waals surface area contributed by atoms with Gasteiger partial charge in [-0.2, -0.15) is 0 Å². The number of hydrogen-bond donors (Lipinski definition) is 1. The summed E-state index contributed by atoms with van der Waals surface area (Å²) in [5.74, 6) is 0.566. The summed E-state index contributed by atoms with van der Waals surface area (Å²) in [7, 11) is 1.60. The van der Waals surface area contributed by atoms with Crippen LogP contribution in [0.25, 0.3) is 6.08 Å². The summed E-state index contributed by atoms with van der Waals surface area (Å²) < 4.78 is 5.90. The van der Waals surface area contributed by atoms with E-state index >= 15 is 0 Å². The van der Waals surface area contributed by atoms with E-state index in [0.29, 0.717) is 45.5 Å². The topological polar surface area (TPSA) is 55.4 Å². The number of nitrogens with one attached hydrogen (secondary N) is 1. The van der Waals surface area contributed by atoms with Gasteiger partial charge in [0.05, 0.1) is 0 Å². The van der Waals surface area contributed by atoms with E-state index in [0.717, 1.165) is 16.7 Å². The minimum Gasteiger partial charge on any atom is -0.489 e. The van der Waals surface area contributed by atoms with E-state index in [2.05, 4.69) is 5.32 Å². The first kappa shape index (κ1) is 21.2. The summed E-state index contributed by atoms with van der Waals surface area (Å²) in [6.07, 6.45) is 2.35. The zero-order chi connectivity index (χ0) is 22.0. The number of carbonyl (C=O) groups excluding carboxylic acids is 2. The van der Waals surface area contributed by atoms with Crippen molar-refractivity contribution in [2.45, 2.75) is 13.0 Å². The molecule has 31 heavy (non-hydrogen) atoms. The lowest BCUT2D eigenvalue weighted by Crippen LogP contribution is -2.17. The van der Waals surface area contributed by atoms with Gasteiger partial charge in [-0.3, -0.25) is 9.59 Å². The Labute approximate surface area is 190 Å². The van der Waals surface area contributed by atoms with Crippen LogP contribution in [0.15, 0.2) is 66.2 Å². The van der Waals surface area contributed by atoms with E-state index in [1.54, 1.807) is 49.5 Å². The largest absolute Gasteiger partial charge is 0.489 e. The first-order valence-corrected chi connectivity index (χ1v) is 10.5. The zero-order valence-corrected chi connectivity index (χ0v) is 18.3. The van der Waals surface area contributed by atoms with Gasteiger partial charge in [0.1, 0.15) is 12.4 Å². The quantitative estimate of drug-likeness (QED) is 0.502. The highest BCUT2D eigenvalue weighted by atomic mass is 35.5. The highest BCUT2D eigenvalue weighted by Crippen LogP contribution is 2.32. The van der Waals surface area contributed by atoms with Crippen molar-refractivity contribution in [2.24, 2.45) is 0 Å². The van der Waals surface area contributed by atoms with Crippen LogP contribution in [0.2, 0.25) is 10.0 Å². The monoisotopic (exact) mass is 451 g/mol. The van der Waals surface area contributed by atoms with Crippen molar-refractivity contribution < 1.29 is 14.3 Å². The lowest BCUT2D eigenvalue weighted by molar-refractivity contribution is 0.0962. The molecule has 0 radical (unpaired) electrons. The van der Waals surface area contributed by atoms with E-state index in [9.17, 15) is 9.59 Å². The minimum absolute atomic E-state index is 0.00226. The molecule has 4 nitrogen and oxygen atoms in total. The summed E-state index contributed by atoms with van der Waals surface area (Å²) in [4.78, 5) is 24.4. The average molecular weight is 452 g/mol. The molecule has 3 aromatic carbocycles. The molecule has 0 aliphatic heterocycles. The molecule has 0 saturated heterocycles. The van der Waals surface area contributed by atoms with Crippen molar-refractivity contribution in [2.75, 3.05) is 7.05 Å². The van der Waals surface area contributed by atoms with Gasteiger partial charge < -0.3 is 10.1 Å². The normalized spacial score (nSPS) is 13.9. The number of ketones is 1. The van der Waals surface area contributed by atoms with Crippen molar-refractivity contribution in [3.63, 3.8) is 0 Å². The van der Waals surface area contributed by atoms with Crippen LogP contribution in [0.4, 0.5) is 0 Å². The van der Waals surface area contributed by atoms with Gasteiger partial charge in [-0.25, -0.2) is 0 Å². The molecule has 0 unspecified atom stereocenters. The molecule has 0 spiro atoms. The molecule has 156 valence electrons. The lowest BCUT2D eigenvalue weighted by Gasteiger charge is -2.08. The van der Waals surface area contributed by atoms with Crippen LogP contribution in [0.3, 0.4) is 0 Å². The van der Waals surface area contributed by atoms with Crippen LogP contribution in [0, 0.1) is 0 Å². The van der Waals surface area contributed by atoms with Crippen LogP contribution in [0.5, 0.6) is 5.75 Å². The number of rotatable bonds is 5. The van der Waals surface area contributed by atoms with Crippen LogP contribution in [-0.4, -0.2) is 18.7 Å². The summed E-state index contributed by atoms with van der Waals surface area (Å²) in [6, 6.07) is 18.0. The van der Waals surface area contributed by atoms with Crippen LogP contribution >= 0.6 is 23.2 Å². The summed E-state index contributed by atoms with van der Waals surface area (Å²) in [6.45, 7) is 0.366. The molecule has 6 heteroatoms. The number of fused-ring (bicyclic) bond motifs is 1. The standard InChI is InChI=1S/C25H19Cl2NO3/c1-28-25(30)17-4-2-15(3-5-17)14-31-22-6-7-23-18(12-22)11-19(24(23)29)8-16-9-20(26)13-21(27)10-16/h2-10,12-13H,11,14H2,1H3,(H,28,30)/b19-8+. The Morgan fingerprint density at radius 2 is 1.74 bits per heavy atom. The Bertz CT molecular complexity index is 1180. The Morgan fingerprint density at radius 3 is 2.42 bits per heavy atom. The number of halogens is 2. The maximum Gasteiger partial charge on any atom is 0.251 e. The fourth-order valence-electron chi connectivity index (χ4n) is 3.53. The van der Waals surface area contributed by atoms with Gasteiger partial charge >= 0.3 is 0 Å². The Balaban J connectivity index is 1.47. The number of ether oxygens (including phenoxy) is 1. The first-order valence-electron chi connectivity index (χ1n) is 9.71. The maximum absolute atomic E-state index is 12.8. The molecule has 1 N–H and O–H groups in total. The molecular formula is C25H19Cl2NO3. The molecule has 0 heterocycles. The highest BCUT2D eigenvalue weighted by Gasteiger charge is 2.25. The van der Waals surface area contributed by atoms with Crippen molar-refractivity contribution >= 4 is 41.0 Å². The molecular weight excluding hydrogens is 433 g/mol. The number of carbonyl (C=O) groups is 2. The van der Waals surface area contributed by atoms with Crippen molar-refractivity contribution in [1.82, 2.24) is 5.32 Å². The maximum atomic E-state index is 12.8. The van der Waals surface area contributed by atoms with E-state index < -0.39 is 0 Å². The predicted molar refractivity (Wildman–Crippen MR) is 123 cm³/mol. The molecule has 1 amide bonds. The molecule has 4 rings (SSSR count). The van der Waals surface area contributed by atoms with Gasteiger partial charge in [0.15, 0.2) is 5.78 Å². The summed E-state index contributed by atoms with van der Waals surface area (Å²) in [5.41, 5.74) is 4.64. The van der Waals surface area contributed by atoms with Gasteiger partial charge in [0, 0.05) is 40.2 Å². The number of benzene rings is 3. The van der Waals surface area contributed by atoms with Crippen molar-refractivity contribution in [1.29, 1.82) is 0 Å². The Kier molecular flexibility index (Phi) is 6.12. The smallest absolute Gasteiger partial charge is 0.251 e. The average Bonchev–Trinajstić information content (AvgIpc) is 3.06. The Hall–Kier alpha value is -3.08. The fraction of sp³-hybridized carbons (Fsp3) is 0.120. The van der Waals surface area contributed by atoms with Gasteiger partial charge in [-0.15, -0.1) is 0 Å². The zero-order valence-electron chi connectivity index (χ0n) is 16.7. The Morgan fingerprint density at radius 1 is 1.03 bits per heavy atom. The molecule has 0 saturated carbocycles. The van der Waals surface area contributed by atoms with Gasteiger partial charge in [-0.05, 0) is 71.3 Å². The second-order valence-corrected chi connectivity index (χ2v) is 8.13. The third kappa shape index (κ3) is 4.82. The molecule has 1 aliphatic carbocycles. The first-order chi connectivity index (χ1) is 14.9. The fourth-order valence-corrected chi connectivity index (χ4v) is 4.07. The van der Waals surface area contributed by atoms with E-state index in [1.165, 1.54) is 0 Å². The van der Waals surface area contributed by atoms with E-state index in [4.69, 9.17) is 27.9 Å². The number of amides is 1. The van der Waals surface area contributed by atoms with Crippen molar-refractivity contribution in [3.8, 4) is 5.75 Å². The summed E-state index contributed by atoms with van der Waals surface area (Å²) in [5, 5.41) is 3.65. The second kappa shape index (κ2) is 8.96. The van der Waals surface area contributed by atoms with Crippen LogP contribution < -0.4 is 10.1 Å². The van der Waals surface area contributed by atoms with Crippen LogP contribution in [0.1, 0.15) is 37.4 Å². The SMILES string of the molecule is CNC(=O)c1ccc(COc2ccc3c(c2)C/C(=C\c2cc(Cl)cc(Cl)c2)C3=O)cc1. The number of Topliss-reactive ketones (excluding diaryl/α,β-unsaturated/α-hetero) is 1. The van der Waals surface area contributed by atoms with Gasteiger partial charge in [0.2, 0.25) is 0 Å². The summed E-state index contributed by atoms with van der Waals surface area (Å²) >= 11 is 12.1. The molecule has 3 aromatic rings. The van der Waals surface area contributed by atoms with Crippen molar-refractivity contribution in [3.05, 3.63) is 104 Å². The van der Waals surface area contributed by atoms with E-state index in [-0.39, 0.29) is 11.7 Å². The number of allylic oxidation sites excluding steroid dienone is 1. The molecule has 0 fully saturated rings. The van der Waals surface area contributed by atoms with Gasteiger partial charge in [-0.1, -0.05) is 35.3 Å². The third-order valence-electron chi connectivity index (χ3n) is 5.07. The second-order valence-electron chi connectivity index (χ2n) is 7.26. The van der Waals surface area contributed by atoms with E-state index in [1.807, 2.05) is 24.3 Å². The molecule has 0 bridgehead atoms.